The monoisotopic (exact) mass is 480 g/mol. The fourth-order valence-electron chi connectivity index (χ4n) is 4.61. The Morgan fingerprint density at radius 3 is 2.58 bits per heavy atom. The van der Waals surface area contributed by atoms with E-state index >= 15 is 0 Å². The standard InChI is InChI=1S/C30H28N2O4/c1-34-23-12-7-9-21(17-23)19-32(30(33)26-15-8-11-22-10-3-4-13-25(22)26)20-24-18-28(31-36-24)27-14-5-6-16-29(27)35-2/h3-17,24H,18-20H2,1-2H3. The number of fused-ring (bicyclic) bond motifs is 1. The molecule has 0 spiro atoms. The van der Waals surface area contributed by atoms with E-state index in [1.54, 1.807) is 14.2 Å². The molecule has 6 nitrogen and oxygen atoms in total. The Balaban J connectivity index is 1.42. The summed E-state index contributed by atoms with van der Waals surface area (Å²) >= 11 is 0. The minimum absolute atomic E-state index is 0.0519. The van der Waals surface area contributed by atoms with Crippen molar-refractivity contribution in [1.29, 1.82) is 0 Å². The third kappa shape index (κ3) is 4.89. The Morgan fingerprint density at radius 1 is 0.944 bits per heavy atom. The van der Waals surface area contributed by atoms with Gasteiger partial charge < -0.3 is 19.2 Å². The van der Waals surface area contributed by atoms with Crippen molar-refractivity contribution in [2.45, 2.75) is 19.1 Å². The molecule has 182 valence electrons. The molecule has 0 fully saturated rings. The summed E-state index contributed by atoms with van der Waals surface area (Å²) < 4.78 is 10.9. The molecule has 1 aliphatic heterocycles. The Hall–Kier alpha value is -4.32. The van der Waals surface area contributed by atoms with E-state index in [2.05, 4.69) is 5.16 Å². The Bertz CT molecular complexity index is 1410. The number of hydrogen-bond acceptors (Lipinski definition) is 5. The first kappa shape index (κ1) is 23.4. The molecule has 0 aromatic heterocycles. The maximum absolute atomic E-state index is 13.9. The molecule has 1 aliphatic rings. The summed E-state index contributed by atoms with van der Waals surface area (Å²) in [5.41, 5.74) is 3.37. The van der Waals surface area contributed by atoms with Crippen LogP contribution in [0.1, 0.15) is 27.9 Å². The SMILES string of the molecule is COc1cccc(CN(CC2CC(c3ccccc3OC)=NO2)C(=O)c2cccc3ccccc23)c1. The van der Waals surface area contributed by atoms with Crippen LogP contribution < -0.4 is 9.47 Å². The molecule has 1 atom stereocenters. The van der Waals surface area contributed by atoms with E-state index < -0.39 is 0 Å². The third-order valence-corrected chi connectivity index (χ3v) is 6.39. The summed E-state index contributed by atoms with van der Waals surface area (Å²) in [6.45, 7) is 0.810. The van der Waals surface area contributed by atoms with Gasteiger partial charge >= 0.3 is 0 Å². The highest BCUT2D eigenvalue weighted by Gasteiger charge is 2.29. The second kappa shape index (κ2) is 10.5. The molecular weight excluding hydrogens is 452 g/mol. The highest BCUT2D eigenvalue weighted by molar-refractivity contribution is 6.07. The maximum atomic E-state index is 13.9. The van der Waals surface area contributed by atoms with E-state index in [0.717, 1.165) is 39.1 Å². The number of para-hydroxylation sites is 1. The summed E-state index contributed by atoms with van der Waals surface area (Å²) in [6, 6.07) is 29.3. The van der Waals surface area contributed by atoms with Crippen LogP contribution in [0.25, 0.3) is 10.8 Å². The van der Waals surface area contributed by atoms with Crippen LogP contribution in [0.15, 0.2) is 96.2 Å². The predicted octanol–water partition coefficient (Wildman–Crippen LogP) is 5.69. The molecule has 5 rings (SSSR count). The summed E-state index contributed by atoms with van der Waals surface area (Å²) in [6.07, 6.45) is 0.312. The lowest BCUT2D eigenvalue weighted by molar-refractivity contribution is 0.0406. The molecule has 1 unspecified atom stereocenters. The predicted molar refractivity (Wildman–Crippen MR) is 141 cm³/mol. The van der Waals surface area contributed by atoms with E-state index in [9.17, 15) is 4.79 Å². The first-order valence-corrected chi connectivity index (χ1v) is 11.9. The highest BCUT2D eigenvalue weighted by Crippen LogP contribution is 2.27. The summed E-state index contributed by atoms with van der Waals surface area (Å²) in [7, 11) is 3.28. The summed E-state index contributed by atoms with van der Waals surface area (Å²) in [5.74, 6) is 1.45. The number of amides is 1. The van der Waals surface area contributed by atoms with Gasteiger partial charge in [-0.2, -0.15) is 0 Å². The van der Waals surface area contributed by atoms with Crippen molar-refractivity contribution in [2.24, 2.45) is 5.16 Å². The van der Waals surface area contributed by atoms with Crippen molar-refractivity contribution in [3.05, 3.63) is 108 Å². The molecule has 0 saturated carbocycles. The van der Waals surface area contributed by atoms with Crippen LogP contribution in [-0.2, 0) is 11.4 Å². The third-order valence-electron chi connectivity index (χ3n) is 6.39. The average Bonchev–Trinajstić information content (AvgIpc) is 3.40. The summed E-state index contributed by atoms with van der Waals surface area (Å²) in [5, 5.41) is 6.30. The van der Waals surface area contributed by atoms with Crippen molar-refractivity contribution in [2.75, 3.05) is 20.8 Å². The van der Waals surface area contributed by atoms with Gasteiger partial charge in [0.15, 0.2) is 6.10 Å². The number of nitrogens with zero attached hydrogens (tertiary/aromatic N) is 2. The van der Waals surface area contributed by atoms with Gasteiger partial charge in [-0.3, -0.25) is 4.79 Å². The lowest BCUT2D eigenvalue weighted by atomic mass is 10.0. The van der Waals surface area contributed by atoms with Gasteiger partial charge in [-0.25, -0.2) is 0 Å². The zero-order valence-corrected chi connectivity index (χ0v) is 20.4. The number of ether oxygens (including phenoxy) is 2. The molecule has 36 heavy (non-hydrogen) atoms. The molecule has 6 heteroatoms. The minimum Gasteiger partial charge on any atom is -0.497 e. The Labute approximate surface area is 210 Å². The van der Waals surface area contributed by atoms with Gasteiger partial charge in [0.05, 0.1) is 26.5 Å². The van der Waals surface area contributed by atoms with E-state index in [1.165, 1.54) is 0 Å². The largest absolute Gasteiger partial charge is 0.497 e. The zero-order valence-electron chi connectivity index (χ0n) is 20.4. The maximum Gasteiger partial charge on any atom is 0.254 e. The number of carbonyl (C=O) groups excluding carboxylic acids is 1. The zero-order chi connectivity index (χ0) is 24.9. The topological polar surface area (TPSA) is 60.4 Å². The van der Waals surface area contributed by atoms with Gasteiger partial charge in [0.1, 0.15) is 11.5 Å². The van der Waals surface area contributed by atoms with Gasteiger partial charge in [-0.15, -0.1) is 0 Å². The van der Waals surface area contributed by atoms with Crippen molar-refractivity contribution in [3.63, 3.8) is 0 Å². The van der Waals surface area contributed by atoms with Crippen LogP contribution in [-0.4, -0.2) is 43.4 Å². The number of rotatable bonds is 8. The molecule has 0 N–H and O–H groups in total. The molecule has 4 aromatic carbocycles. The first-order valence-electron chi connectivity index (χ1n) is 11.9. The Kier molecular flexibility index (Phi) is 6.85. The quantitative estimate of drug-likeness (QED) is 0.325. The van der Waals surface area contributed by atoms with Gasteiger partial charge in [0.25, 0.3) is 5.91 Å². The Morgan fingerprint density at radius 2 is 1.72 bits per heavy atom. The van der Waals surface area contributed by atoms with Crippen LogP contribution in [0, 0.1) is 0 Å². The summed E-state index contributed by atoms with van der Waals surface area (Å²) in [4.78, 5) is 21.6. The van der Waals surface area contributed by atoms with E-state index in [4.69, 9.17) is 14.3 Å². The van der Waals surface area contributed by atoms with Gasteiger partial charge in [-0.05, 0) is 46.7 Å². The number of benzene rings is 4. The van der Waals surface area contributed by atoms with Crippen LogP contribution in [0.2, 0.25) is 0 Å². The number of oxime groups is 1. The van der Waals surface area contributed by atoms with E-state index in [0.29, 0.717) is 25.1 Å². The second-order valence-corrected chi connectivity index (χ2v) is 8.73. The molecular formula is C30H28N2O4. The number of hydrogen-bond donors (Lipinski definition) is 0. The highest BCUT2D eigenvalue weighted by atomic mass is 16.6. The first-order chi connectivity index (χ1) is 17.7. The molecule has 0 bridgehead atoms. The van der Waals surface area contributed by atoms with E-state index in [1.807, 2.05) is 95.9 Å². The lowest BCUT2D eigenvalue weighted by Crippen LogP contribution is -2.37. The molecule has 0 aliphatic carbocycles. The molecule has 1 heterocycles. The smallest absolute Gasteiger partial charge is 0.254 e. The normalized spacial score (nSPS) is 14.7. The molecule has 4 aromatic rings. The van der Waals surface area contributed by atoms with Crippen LogP contribution in [0.5, 0.6) is 11.5 Å². The van der Waals surface area contributed by atoms with Crippen LogP contribution in [0.4, 0.5) is 0 Å². The fourth-order valence-corrected chi connectivity index (χ4v) is 4.61. The number of methoxy groups -OCH3 is 2. The van der Waals surface area contributed by atoms with Gasteiger partial charge in [-0.1, -0.05) is 65.8 Å². The molecule has 0 saturated heterocycles. The van der Waals surface area contributed by atoms with Gasteiger partial charge in [0.2, 0.25) is 0 Å². The second-order valence-electron chi connectivity index (χ2n) is 8.73. The van der Waals surface area contributed by atoms with Crippen LogP contribution >= 0.6 is 0 Å². The molecule has 1 amide bonds. The van der Waals surface area contributed by atoms with Crippen molar-refractivity contribution in [1.82, 2.24) is 4.90 Å². The molecule has 0 radical (unpaired) electrons. The fraction of sp³-hybridized carbons (Fsp3) is 0.200. The lowest BCUT2D eigenvalue weighted by Gasteiger charge is -2.26. The van der Waals surface area contributed by atoms with Crippen molar-refractivity contribution >= 4 is 22.4 Å². The van der Waals surface area contributed by atoms with Crippen LogP contribution in [0.3, 0.4) is 0 Å². The van der Waals surface area contributed by atoms with E-state index in [-0.39, 0.29) is 12.0 Å². The van der Waals surface area contributed by atoms with Crippen molar-refractivity contribution in [3.8, 4) is 11.5 Å². The minimum atomic E-state index is -0.269. The average molecular weight is 481 g/mol. The van der Waals surface area contributed by atoms with Crippen molar-refractivity contribution < 1.29 is 19.1 Å². The van der Waals surface area contributed by atoms with Gasteiger partial charge in [0, 0.05) is 24.1 Å². The number of carbonyl (C=O) groups is 1.